The second-order valence-electron chi connectivity index (χ2n) is 10.0. The van der Waals surface area contributed by atoms with Crippen LogP contribution in [0.2, 0.25) is 13.1 Å². The molecule has 33 heavy (non-hydrogen) atoms. The molecule has 1 aliphatic carbocycles. The number of carbonyl (C=O) groups excluding carboxylic acids is 1. The van der Waals surface area contributed by atoms with Gasteiger partial charge in [0.2, 0.25) is 9.04 Å². The minimum absolute atomic E-state index is 0.103. The average molecular weight is 485 g/mol. The van der Waals surface area contributed by atoms with E-state index in [1.807, 2.05) is 0 Å². The minimum Gasteiger partial charge on any atom is -0.565 e. The van der Waals surface area contributed by atoms with E-state index in [1.165, 1.54) is 25.7 Å². The third kappa shape index (κ3) is 10.2. The van der Waals surface area contributed by atoms with E-state index in [1.54, 1.807) is 0 Å². The monoisotopic (exact) mass is 484 g/mol. The van der Waals surface area contributed by atoms with Gasteiger partial charge in [0, 0.05) is 17.6 Å². The van der Waals surface area contributed by atoms with Gasteiger partial charge in [-0.3, -0.25) is 0 Å². The molecule has 3 N–H and O–H groups in total. The highest BCUT2D eigenvalue weighted by molar-refractivity contribution is 6.48. The molecule has 2 rings (SSSR count). The lowest BCUT2D eigenvalue weighted by molar-refractivity contribution is -0.171. The summed E-state index contributed by atoms with van der Waals surface area (Å²) in [5, 5.41) is 17.9. The predicted octanol–water partition coefficient (Wildman–Crippen LogP) is 4.87. The van der Waals surface area contributed by atoms with Gasteiger partial charge in [0.15, 0.2) is 5.79 Å². The Labute approximate surface area is 202 Å². The van der Waals surface area contributed by atoms with E-state index >= 15 is 0 Å². The van der Waals surface area contributed by atoms with E-state index in [0.29, 0.717) is 38.4 Å². The molecule has 2 fully saturated rings. The van der Waals surface area contributed by atoms with Crippen molar-refractivity contribution in [1.82, 2.24) is 0 Å². The van der Waals surface area contributed by atoms with E-state index < -0.39 is 20.8 Å². The molecule has 1 aliphatic heterocycles. The van der Waals surface area contributed by atoms with Crippen LogP contribution in [0.5, 0.6) is 0 Å². The van der Waals surface area contributed by atoms with Crippen molar-refractivity contribution in [1.29, 1.82) is 0 Å². The van der Waals surface area contributed by atoms with Crippen LogP contribution in [0, 0.1) is 11.8 Å². The number of allylic oxidation sites excluding steroid dienone is 2. The molecule has 1 heterocycles. The van der Waals surface area contributed by atoms with Crippen molar-refractivity contribution in [2.75, 3.05) is 13.2 Å². The summed E-state index contributed by atoms with van der Waals surface area (Å²) in [7, 11) is -0.852. The first kappa shape index (κ1) is 28.5. The molecule has 1 radical (unpaired) electrons. The Balaban J connectivity index is 1.94. The standard InChI is InChI=1S/C26H47O6Si/c1-4-5-6-9-12-16-26(30-18-19-31-26)17-15-22-21(13-10-7-8-11-14-25(28)29)23(27)20-24(22)32-33(2)3/h7,10,21-24,27H,4-6,8-9,11-20H2,1-3H3,(H,28,29)/p+1/b10-7-/t21-,22-,23+,24-/m1/s1. The number of hydrogen-bond acceptors (Lipinski definition) is 5. The molecule has 7 heteroatoms. The van der Waals surface area contributed by atoms with Crippen molar-refractivity contribution < 1.29 is 28.9 Å². The van der Waals surface area contributed by atoms with Crippen LogP contribution in [0.3, 0.4) is 0 Å². The first-order valence-electron chi connectivity index (χ1n) is 13.2. The second-order valence-corrected chi connectivity index (χ2v) is 12.1. The highest BCUT2D eigenvalue weighted by Crippen LogP contribution is 2.43. The fraction of sp³-hybridized carbons (Fsp3) is 0.885. The second kappa shape index (κ2) is 15.3. The first-order chi connectivity index (χ1) is 15.9. The minimum atomic E-state index is -0.852. The maximum atomic E-state index is 10.9. The Bertz CT molecular complexity index is 575. The van der Waals surface area contributed by atoms with E-state index in [9.17, 15) is 9.90 Å². The number of hydrogen-bond donors (Lipinski definition) is 1. The van der Waals surface area contributed by atoms with Gasteiger partial charge in [-0.05, 0) is 63.5 Å². The topological polar surface area (TPSA) is 87.9 Å². The average Bonchev–Trinajstić information content (AvgIpc) is 3.33. The molecular weight excluding hydrogens is 436 g/mol. The number of ether oxygens (including phenoxy) is 2. The highest BCUT2D eigenvalue weighted by Gasteiger charge is 2.45. The number of aliphatic hydroxyl groups is 1. The smallest absolute Gasteiger partial charge is 0.515 e. The van der Waals surface area contributed by atoms with Gasteiger partial charge in [-0.15, -0.1) is 0 Å². The summed E-state index contributed by atoms with van der Waals surface area (Å²) in [6.07, 6.45) is 16.3. The van der Waals surface area contributed by atoms with Gasteiger partial charge in [-0.2, -0.15) is 0 Å². The van der Waals surface area contributed by atoms with Crippen LogP contribution in [-0.2, 0) is 18.7 Å². The molecule has 191 valence electrons. The number of carbonyl (C=O) groups is 1. The molecule has 0 spiro atoms. The molecule has 0 aromatic heterocycles. The zero-order valence-corrected chi connectivity index (χ0v) is 22.2. The van der Waals surface area contributed by atoms with Crippen LogP contribution in [0.25, 0.3) is 0 Å². The molecule has 1 saturated carbocycles. The fourth-order valence-electron chi connectivity index (χ4n) is 5.37. The molecule has 4 atom stereocenters. The summed E-state index contributed by atoms with van der Waals surface area (Å²) in [4.78, 5) is 10.8. The van der Waals surface area contributed by atoms with Crippen LogP contribution < -0.4 is 0 Å². The Morgan fingerprint density at radius 3 is 2.48 bits per heavy atom. The van der Waals surface area contributed by atoms with Crippen LogP contribution in [0.1, 0.15) is 90.4 Å². The van der Waals surface area contributed by atoms with Crippen molar-refractivity contribution in [3.63, 3.8) is 0 Å². The van der Waals surface area contributed by atoms with Crippen LogP contribution >= 0.6 is 0 Å². The third-order valence-electron chi connectivity index (χ3n) is 7.07. The first-order valence-corrected chi connectivity index (χ1v) is 15.6. The van der Waals surface area contributed by atoms with Crippen LogP contribution in [0.4, 0.5) is 0 Å². The van der Waals surface area contributed by atoms with Crippen molar-refractivity contribution in [2.24, 2.45) is 11.8 Å². The predicted molar refractivity (Wildman–Crippen MR) is 133 cm³/mol. The zero-order valence-electron chi connectivity index (χ0n) is 21.2. The van der Waals surface area contributed by atoms with Gasteiger partial charge in [0.05, 0.1) is 25.4 Å². The van der Waals surface area contributed by atoms with E-state index in [0.717, 1.165) is 38.5 Å². The zero-order chi connectivity index (χ0) is 24.1. The van der Waals surface area contributed by atoms with Crippen LogP contribution in [-0.4, -0.2) is 56.4 Å². The van der Waals surface area contributed by atoms with Gasteiger partial charge in [0.1, 0.15) is 6.42 Å². The summed E-state index contributed by atoms with van der Waals surface area (Å²) in [5.41, 5.74) is 0. The number of unbranched alkanes of at least 4 members (excludes halogenated alkanes) is 5. The van der Waals surface area contributed by atoms with E-state index in [-0.39, 0.29) is 18.1 Å². The van der Waals surface area contributed by atoms with Gasteiger partial charge in [-0.25, -0.2) is 0 Å². The number of rotatable bonds is 17. The van der Waals surface area contributed by atoms with E-state index in [4.69, 9.17) is 19.0 Å². The lowest BCUT2D eigenvalue weighted by atomic mass is 9.85. The maximum absolute atomic E-state index is 10.9. The highest BCUT2D eigenvalue weighted by atomic mass is 28.3. The molecule has 0 unspecified atom stereocenters. The Hall–Kier alpha value is -0.733. The SMILES string of the molecule is CCCCCCCC1(CC[C@@H]2[C@@H](C/C=C\CCCC(=O)[OH2+])[C@@H](O)C[C@H]2O[Si](C)C)OCCO1. The Morgan fingerprint density at radius 2 is 1.82 bits per heavy atom. The molecule has 0 amide bonds. The Kier molecular flexibility index (Phi) is 13.2. The molecule has 2 aliphatic rings. The van der Waals surface area contributed by atoms with Gasteiger partial charge < -0.3 is 24.1 Å². The Morgan fingerprint density at radius 1 is 1.09 bits per heavy atom. The normalized spacial score (nSPS) is 27.2. The van der Waals surface area contributed by atoms with E-state index in [2.05, 4.69) is 32.2 Å². The molecule has 0 bridgehead atoms. The van der Waals surface area contributed by atoms with Crippen LogP contribution in [0.15, 0.2) is 12.2 Å². The van der Waals surface area contributed by atoms with Crippen molar-refractivity contribution in [3.05, 3.63) is 12.2 Å². The quantitative estimate of drug-likeness (QED) is 0.138. The molecular formula is C26H48O6Si+. The summed E-state index contributed by atoms with van der Waals surface area (Å²) >= 11 is 0. The van der Waals surface area contributed by atoms with Crippen molar-refractivity contribution >= 4 is 15.0 Å². The summed E-state index contributed by atoms with van der Waals surface area (Å²) < 4.78 is 18.7. The maximum Gasteiger partial charge on any atom is 0.515 e. The van der Waals surface area contributed by atoms with Gasteiger partial charge >= 0.3 is 5.97 Å². The number of aliphatic hydroxyl groups excluding tert-OH is 1. The lowest BCUT2D eigenvalue weighted by Crippen LogP contribution is -2.34. The molecule has 0 aromatic rings. The summed E-state index contributed by atoms with van der Waals surface area (Å²) in [6, 6.07) is 0. The van der Waals surface area contributed by atoms with Gasteiger partial charge in [-0.1, -0.05) is 44.8 Å². The fourth-order valence-corrected chi connectivity index (χ4v) is 6.24. The van der Waals surface area contributed by atoms with Crippen molar-refractivity contribution in [3.8, 4) is 0 Å². The lowest BCUT2D eigenvalue weighted by Gasteiger charge is -2.32. The largest absolute Gasteiger partial charge is 0.565 e. The summed E-state index contributed by atoms with van der Waals surface area (Å²) in [6.45, 7) is 7.91. The molecule has 0 aromatic carbocycles. The summed E-state index contributed by atoms with van der Waals surface area (Å²) in [5.74, 6) is -0.487. The third-order valence-corrected chi connectivity index (χ3v) is 7.84. The molecule has 1 saturated heterocycles. The molecule has 6 nitrogen and oxygen atoms in total. The van der Waals surface area contributed by atoms with Crippen molar-refractivity contribution in [2.45, 2.75) is 121 Å². The van der Waals surface area contributed by atoms with Gasteiger partial charge in [0.25, 0.3) is 0 Å².